The lowest BCUT2D eigenvalue weighted by Crippen LogP contribution is -2.54. The molecule has 1 heterocycles. The molecule has 0 aliphatic carbocycles. The fourth-order valence-electron chi connectivity index (χ4n) is 3.25. The van der Waals surface area contributed by atoms with Crippen LogP contribution in [0, 0.1) is 0 Å². The van der Waals surface area contributed by atoms with Crippen molar-refractivity contribution in [1.82, 2.24) is 9.80 Å². The predicted octanol–water partition coefficient (Wildman–Crippen LogP) is 2.06. The van der Waals surface area contributed by atoms with E-state index in [1.165, 1.54) is 9.80 Å². The lowest BCUT2D eigenvalue weighted by atomic mass is 10.2. The molecule has 168 valence electrons. The quantitative estimate of drug-likeness (QED) is 0.504. The number of nitrogens with zero attached hydrogens (tertiary/aromatic N) is 4. The third-order valence-corrected chi connectivity index (χ3v) is 5.29. The summed E-state index contributed by atoms with van der Waals surface area (Å²) in [5, 5.41) is 1.06. The predicted molar refractivity (Wildman–Crippen MR) is 123 cm³/mol. The zero-order valence-electron chi connectivity index (χ0n) is 17.1. The van der Waals surface area contributed by atoms with Gasteiger partial charge in [-0.3, -0.25) is 9.59 Å². The normalized spacial score (nSPS) is 13.6. The molecule has 0 saturated carbocycles. The Morgan fingerprint density at radius 3 is 2.38 bits per heavy atom. The zero-order valence-corrected chi connectivity index (χ0v) is 18.6. The van der Waals surface area contributed by atoms with Crippen molar-refractivity contribution in [2.24, 2.45) is 16.5 Å². The number of nitrogens with two attached hydrogens (primary N) is 2. The highest BCUT2D eigenvalue weighted by Crippen LogP contribution is 2.21. The molecule has 0 aromatic heterocycles. The van der Waals surface area contributed by atoms with Crippen molar-refractivity contribution < 1.29 is 14.4 Å². The van der Waals surface area contributed by atoms with Crippen LogP contribution in [-0.4, -0.2) is 59.8 Å². The van der Waals surface area contributed by atoms with Crippen LogP contribution in [0.4, 0.5) is 10.5 Å². The van der Waals surface area contributed by atoms with E-state index >= 15 is 0 Å². The number of hydrogen-bond acceptors (Lipinski definition) is 3. The molecule has 1 saturated heterocycles. The summed E-state index contributed by atoms with van der Waals surface area (Å²) < 4.78 is 0. The fraction of sp³-hybridized carbons (Fsp3) is 0.238. The van der Waals surface area contributed by atoms with Crippen LogP contribution >= 0.6 is 23.2 Å². The topological polar surface area (TPSA) is 125 Å². The molecule has 0 bridgehead atoms. The molecule has 32 heavy (non-hydrogen) atoms. The first kappa shape index (κ1) is 23.4. The van der Waals surface area contributed by atoms with E-state index in [1.807, 2.05) is 0 Å². The molecule has 0 atom stereocenters. The van der Waals surface area contributed by atoms with Crippen molar-refractivity contribution in [3.63, 3.8) is 0 Å². The summed E-state index contributed by atoms with van der Waals surface area (Å²) in [6.07, 6.45) is 0. The third kappa shape index (κ3) is 6.12. The number of benzene rings is 2. The molecular formula is C21H22Cl2N6O3. The van der Waals surface area contributed by atoms with Crippen LogP contribution in [0.1, 0.15) is 5.56 Å². The summed E-state index contributed by atoms with van der Waals surface area (Å²) >= 11 is 11.9. The van der Waals surface area contributed by atoms with Gasteiger partial charge in [-0.1, -0.05) is 41.4 Å². The number of piperazine rings is 1. The number of halogens is 2. The number of hydrogen-bond donors (Lipinski definition) is 2. The monoisotopic (exact) mass is 476 g/mol. The molecular weight excluding hydrogens is 455 g/mol. The molecule has 2 aromatic carbocycles. The second kappa shape index (κ2) is 10.3. The number of urea groups is 1. The molecule has 11 heteroatoms. The van der Waals surface area contributed by atoms with Gasteiger partial charge in [-0.05, 0) is 35.9 Å². The maximum Gasteiger partial charge on any atom is 0.347 e. The smallest absolute Gasteiger partial charge is 0.347 e. The Balaban J connectivity index is 1.69. The molecule has 0 unspecified atom stereocenters. The molecule has 0 spiro atoms. The van der Waals surface area contributed by atoms with E-state index in [0.717, 1.165) is 5.56 Å². The Kier molecular flexibility index (Phi) is 7.55. The van der Waals surface area contributed by atoms with Gasteiger partial charge >= 0.3 is 6.03 Å². The Bertz CT molecular complexity index is 1040. The van der Waals surface area contributed by atoms with Crippen molar-refractivity contribution in [3.05, 3.63) is 64.1 Å². The number of rotatable bonds is 5. The Labute approximate surface area is 195 Å². The number of guanidine groups is 1. The van der Waals surface area contributed by atoms with Crippen molar-refractivity contribution in [3.8, 4) is 0 Å². The van der Waals surface area contributed by atoms with Gasteiger partial charge in [0, 0.05) is 35.4 Å². The molecule has 2 aromatic rings. The van der Waals surface area contributed by atoms with Gasteiger partial charge in [0.15, 0.2) is 5.96 Å². The zero-order chi connectivity index (χ0) is 23.3. The first-order valence-electron chi connectivity index (χ1n) is 9.69. The molecule has 4 amide bonds. The average Bonchev–Trinajstić information content (AvgIpc) is 2.74. The standard InChI is InChI=1S/C21H22Cl2N6O3/c22-15-6-4-14(5-7-15)11-28(21(32)26-20(24)25)12-18(30)27-8-9-29(19(31)13-27)17-3-1-2-16(23)10-17/h1-7,10H,8-9,11-13H2,(H4,24,25,26,32). The van der Waals surface area contributed by atoms with Crippen molar-refractivity contribution in [2.45, 2.75) is 6.54 Å². The van der Waals surface area contributed by atoms with Crippen molar-refractivity contribution >= 4 is 52.7 Å². The average molecular weight is 477 g/mol. The summed E-state index contributed by atoms with van der Waals surface area (Å²) in [4.78, 5) is 45.7. The minimum Gasteiger partial charge on any atom is -0.370 e. The SMILES string of the molecule is NC(N)=NC(=O)N(CC(=O)N1CCN(c2cccc(Cl)c2)C(=O)C1)Cc1ccc(Cl)cc1. The Hall–Kier alpha value is -3.30. The first-order chi connectivity index (χ1) is 15.2. The summed E-state index contributed by atoms with van der Waals surface area (Å²) in [6.45, 7) is 0.306. The van der Waals surface area contributed by atoms with Crippen LogP contribution < -0.4 is 16.4 Å². The second-order valence-electron chi connectivity index (χ2n) is 7.14. The van der Waals surface area contributed by atoms with Crippen LogP contribution in [-0.2, 0) is 16.1 Å². The van der Waals surface area contributed by atoms with Gasteiger partial charge in [-0.15, -0.1) is 0 Å². The van der Waals surface area contributed by atoms with Gasteiger partial charge in [0.25, 0.3) is 0 Å². The molecule has 1 aliphatic rings. The summed E-state index contributed by atoms with van der Waals surface area (Å²) in [5.41, 5.74) is 12.1. The van der Waals surface area contributed by atoms with Crippen LogP contribution in [0.2, 0.25) is 10.0 Å². The second-order valence-corrected chi connectivity index (χ2v) is 8.02. The third-order valence-electron chi connectivity index (χ3n) is 4.80. The van der Waals surface area contributed by atoms with E-state index in [1.54, 1.807) is 53.4 Å². The lowest BCUT2D eigenvalue weighted by molar-refractivity contribution is -0.137. The highest BCUT2D eigenvalue weighted by atomic mass is 35.5. The number of amides is 4. The Morgan fingerprint density at radius 2 is 1.75 bits per heavy atom. The van der Waals surface area contributed by atoms with Gasteiger partial charge in [-0.2, -0.15) is 4.99 Å². The fourth-order valence-corrected chi connectivity index (χ4v) is 3.56. The molecule has 3 rings (SSSR count). The van der Waals surface area contributed by atoms with E-state index in [-0.39, 0.29) is 25.5 Å². The minimum absolute atomic E-state index is 0.0922. The van der Waals surface area contributed by atoms with E-state index in [0.29, 0.717) is 28.8 Å². The van der Waals surface area contributed by atoms with Gasteiger partial charge in [0.05, 0.1) is 0 Å². The number of carbonyl (C=O) groups is 3. The van der Waals surface area contributed by atoms with Gasteiger partial charge < -0.3 is 26.2 Å². The molecule has 9 nitrogen and oxygen atoms in total. The van der Waals surface area contributed by atoms with Crippen LogP contribution in [0.15, 0.2) is 53.5 Å². The van der Waals surface area contributed by atoms with E-state index in [2.05, 4.69) is 4.99 Å². The van der Waals surface area contributed by atoms with Crippen LogP contribution in [0.3, 0.4) is 0 Å². The lowest BCUT2D eigenvalue weighted by Gasteiger charge is -2.35. The number of carbonyl (C=O) groups excluding carboxylic acids is 3. The van der Waals surface area contributed by atoms with E-state index in [9.17, 15) is 14.4 Å². The van der Waals surface area contributed by atoms with Crippen molar-refractivity contribution in [2.75, 3.05) is 31.1 Å². The molecule has 1 fully saturated rings. The summed E-state index contributed by atoms with van der Waals surface area (Å²) in [5.74, 6) is -1.04. The first-order valence-corrected chi connectivity index (χ1v) is 10.4. The number of aliphatic imine (C=N–C) groups is 1. The van der Waals surface area contributed by atoms with E-state index in [4.69, 9.17) is 34.7 Å². The maximum atomic E-state index is 12.9. The maximum absolute atomic E-state index is 12.9. The van der Waals surface area contributed by atoms with Gasteiger partial charge in [0.2, 0.25) is 11.8 Å². The summed E-state index contributed by atoms with van der Waals surface area (Å²) in [7, 11) is 0. The molecule has 1 aliphatic heterocycles. The van der Waals surface area contributed by atoms with Crippen LogP contribution in [0.5, 0.6) is 0 Å². The Morgan fingerprint density at radius 1 is 1.03 bits per heavy atom. The van der Waals surface area contributed by atoms with E-state index < -0.39 is 17.9 Å². The number of anilines is 1. The molecule has 0 radical (unpaired) electrons. The molecule has 4 N–H and O–H groups in total. The highest BCUT2D eigenvalue weighted by molar-refractivity contribution is 6.31. The summed E-state index contributed by atoms with van der Waals surface area (Å²) in [6, 6.07) is 13.0. The van der Waals surface area contributed by atoms with Crippen molar-refractivity contribution in [1.29, 1.82) is 0 Å². The highest BCUT2D eigenvalue weighted by Gasteiger charge is 2.30. The van der Waals surface area contributed by atoms with Gasteiger partial charge in [0.1, 0.15) is 13.1 Å². The minimum atomic E-state index is -0.753. The van der Waals surface area contributed by atoms with Gasteiger partial charge in [-0.25, -0.2) is 4.79 Å². The van der Waals surface area contributed by atoms with Crippen LogP contribution in [0.25, 0.3) is 0 Å². The largest absolute Gasteiger partial charge is 0.370 e.